The molecule has 0 aliphatic carbocycles. The number of anilines is 1. The Balaban J connectivity index is 1.48. The number of hydrogen-bond acceptors (Lipinski definition) is 8. The summed E-state index contributed by atoms with van der Waals surface area (Å²) in [6.07, 6.45) is 3.50. The summed E-state index contributed by atoms with van der Waals surface area (Å²) in [5.41, 5.74) is 9.83. The zero-order valence-electron chi connectivity index (χ0n) is 18.5. The van der Waals surface area contributed by atoms with Gasteiger partial charge in [0.2, 0.25) is 0 Å². The summed E-state index contributed by atoms with van der Waals surface area (Å²) >= 11 is 0. The highest BCUT2D eigenvalue weighted by atomic mass is 16.3. The molecule has 172 valence electrons. The number of amides is 1. The number of rotatable bonds is 4. The third-order valence-electron chi connectivity index (χ3n) is 6.27. The molecule has 2 aliphatic rings. The number of hydrogen-bond donors (Lipinski definition) is 5. The van der Waals surface area contributed by atoms with Crippen molar-refractivity contribution in [3.05, 3.63) is 42.0 Å². The van der Waals surface area contributed by atoms with E-state index in [1.165, 1.54) is 6.20 Å². The average Bonchev–Trinajstić information content (AvgIpc) is 3.42. The summed E-state index contributed by atoms with van der Waals surface area (Å²) in [4.78, 5) is 21.3. The van der Waals surface area contributed by atoms with Gasteiger partial charge in [-0.15, -0.1) is 0 Å². The van der Waals surface area contributed by atoms with Crippen LogP contribution in [0.4, 0.5) is 5.82 Å². The van der Waals surface area contributed by atoms with Crippen molar-refractivity contribution in [2.75, 3.05) is 18.8 Å². The van der Waals surface area contributed by atoms with Crippen molar-refractivity contribution in [1.82, 2.24) is 30.4 Å². The van der Waals surface area contributed by atoms with Crippen molar-refractivity contribution >= 4 is 11.7 Å². The van der Waals surface area contributed by atoms with Crippen molar-refractivity contribution in [1.29, 1.82) is 0 Å². The Hall–Kier alpha value is -3.50. The number of aromatic hydroxyl groups is 1. The highest BCUT2D eigenvalue weighted by Gasteiger charge is 2.32. The number of aromatic nitrogens is 4. The van der Waals surface area contributed by atoms with Crippen LogP contribution in [0.1, 0.15) is 30.0 Å². The maximum Gasteiger partial charge on any atom is 0.274 e. The number of aliphatic hydroxyl groups excluding tert-OH is 1. The van der Waals surface area contributed by atoms with E-state index >= 15 is 0 Å². The number of benzene rings is 1. The number of nitrogens with one attached hydrogen (secondary N) is 2. The van der Waals surface area contributed by atoms with Crippen molar-refractivity contribution < 1.29 is 15.0 Å². The summed E-state index contributed by atoms with van der Waals surface area (Å²) < 4.78 is 2.03. The quantitative estimate of drug-likeness (QED) is 0.395. The smallest absolute Gasteiger partial charge is 0.274 e. The molecule has 5 rings (SSSR count). The second-order valence-corrected chi connectivity index (χ2v) is 9.53. The molecule has 33 heavy (non-hydrogen) atoms. The molecule has 1 amide bonds. The molecular formula is C23H27N7O3. The van der Waals surface area contributed by atoms with Gasteiger partial charge < -0.3 is 26.6 Å². The molecule has 10 nitrogen and oxygen atoms in total. The van der Waals surface area contributed by atoms with Gasteiger partial charge in [0.05, 0.1) is 30.2 Å². The van der Waals surface area contributed by atoms with Crippen LogP contribution in [0.25, 0.3) is 22.4 Å². The molecule has 0 radical (unpaired) electrons. The molecule has 2 unspecified atom stereocenters. The molecule has 0 spiro atoms. The number of nitrogen functional groups attached to an aromatic ring is 1. The SMILES string of the molecule is CC1(C)Cc2c(-c3ccc(O)c(-c4cnc(N)c(C(=O)NC5CNCC5O)n4)c3)cnn2C1. The first-order chi connectivity index (χ1) is 15.7. The highest BCUT2D eigenvalue weighted by Crippen LogP contribution is 2.39. The van der Waals surface area contributed by atoms with E-state index in [1.54, 1.807) is 6.07 Å². The van der Waals surface area contributed by atoms with Crippen LogP contribution in [0.5, 0.6) is 5.75 Å². The fourth-order valence-corrected chi connectivity index (χ4v) is 4.54. The zero-order chi connectivity index (χ0) is 23.3. The molecule has 0 bridgehead atoms. The summed E-state index contributed by atoms with van der Waals surface area (Å²) in [5.74, 6) is -0.533. The molecule has 6 N–H and O–H groups in total. The normalized spacial score (nSPS) is 21.2. The molecule has 10 heteroatoms. The fraction of sp³-hybridized carbons (Fsp3) is 0.391. The standard InChI is InChI=1S/C23H27N7O3/c1-23(2)6-17-14(7-27-30(17)11-23)12-3-4-18(31)13(5-12)15-9-26-21(24)20(28-15)22(33)29-16-8-25-10-19(16)32/h3-5,7,9,16,19,25,31-32H,6,8,10-11H2,1-2H3,(H2,24,26)(H,29,33). The van der Waals surface area contributed by atoms with Gasteiger partial charge in [-0.1, -0.05) is 19.9 Å². The minimum Gasteiger partial charge on any atom is -0.507 e. The Morgan fingerprint density at radius 2 is 2.09 bits per heavy atom. The van der Waals surface area contributed by atoms with E-state index in [-0.39, 0.29) is 22.7 Å². The first kappa shape index (κ1) is 21.4. The molecule has 0 saturated carbocycles. The van der Waals surface area contributed by atoms with Gasteiger partial charge in [0.1, 0.15) is 5.75 Å². The number of carbonyl (C=O) groups excluding carboxylic acids is 1. The predicted octanol–water partition coefficient (Wildman–Crippen LogP) is 0.940. The summed E-state index contributed by atoms with van der Waals surface area (Å²) in [6.45, 7) is 6.15. The molecule has 3 aromatic rings. The Morgan fingerprint density at radius 3 is 2.85 bits per heavy atom. The average molecular weight is 450 g/mol. The van der Waals surface area contributed by atoms with Gasteiger partial charge in [0.25, 0.3) is 5.91 Å². The van der Waals surface area contributed by atoms with Crippen molar-refractivity contribution in [2.24, 2.45) is 5.41 Å². The second kappa shape index (κ2) is 7.82. The first-order valence-electron chi connectivity index (χ1n) is 10.9. The Bertz CT molecular complexity index is 1240. The third-order valence-corrected chi connectivity index (χ3v) is 6.27. The summed E-state index contributed by atoms with van der Waals surface area (Å²) in [7, 11) is 0. The van der Waals surface area contributed by atoms with E-state index in [4.69, 9.17) is 5.73 Å². The van der Waals surface area contributed by atoms with Crippen LogP contribution in [-0.4, -0.2) is 61.1 Å². The zero-order valence-corrected chi connectivity index (χ0v) is 18.5. The van der Waals surface area contributed by atoms with E-state index < -0.39 is 18.1 Å². The lowest BCUT2D eigenvalue weighted by molar-refractivity contribution is 0.0884. The van der Waals surface area contributed by atoms with Gasteiger partial charge in [-0.3, -0.25) is 9.48 Å². The molecule has 4 heterocycles. The Labute approximate surface area is 190 Å². The number of phenolic OH excluding ortho intramolecular Hbond substituents is 1. The van der Waals surface area contributed by atoms with Crippen LogP contribution < -0.4 is 16.4 Å². The van der Waals surface area contributed by atoms with Crippen molar-refractivity contribution in [3.63, 3.8) is 0 Å². The van der Waals surface area contributed by atoms with Crippen LogP contribution in [0.3, 0.4) is 0 Å². The minimum atomic E-state index is -0.685. The minimum absolute atomic E-state index is 0.0174. The summed E-state index contributed by atoms with van der Waals surface area (Å²) in [5, 5.41) is 30.8. The van der Waals surface area contributed by atoms with Crippen LogP contribution in [0.15, 0.2) is 30.6 Å². The van der Waals surface area contributed by atoms with Crippen molar-refractivity contribution in [2.45, 2.75) is 39.0 Å². The molecule has 1 aromatic carbocycles. The summed E-state index contributed by atoms with van der Waals surface area (Å²) in [6, 6.07) is 4.83. The largest absolute Gasteiger partial charge is 0.507 e. The maximum absolute atomic E-state index is 12.8. The number of phenols is 1. The Morgan fingerprint density at radius 1 is 1.27 bits per heavy atom. The Kier molecular flexibility index (Phi) is 5.06. The van der Waals surface area contributed by atoms with E-state index in [0.717, 1.165) is 29.8 Å². The fourth-order valence-electron chi connectivity index (χ4n) is 4.54. The van der Waals surface area contributed by atoms with Crippen LogP contribution >= 0.6 is 0 Å². The number of aliphatic hydroxyl groups is 1. The van der Waals surface area contributed by atoms with Gasteiger partial charge in [0, 0.05) is 36.5 Å². The maximum atomic E-state index is 12.8. The predicted molar refractivity (Wildman–Crippen MR) is 122 cm³/mol. The molecule has 1 fully saturated rings. The lowest BCUT2D eigenvalue weighted by Gasteiger charge is -2.16. The van der Waals surface area contributed by atoms with Gasteiger partial charge in [-0.05, 0) is 29.5 Å². The van der Waals surface area contributed by atoms with E-state index in [9.17, 15) is 15.0 Å². The number of nitrogens with two attached hydrogens (primary N) is 1. The topological polar surface area (TPSA) is 151 Å². The van der Waals surface area contributed by atoms with Crippen LogP contribution in [-0.2, 0) is 13.0 Å². The van der Waals surface area contributed by atoms with Crippen LogP contribution in [0, 0.1) is 5.41 Å². The first-order valence-corrected chi connectivity index (χ1v) is 10.9. The van der Waals surface area contributed by atoms with Crippen LogP contribution in [0.2, 0.25) is 0 Å². The van der Waals surface area contributed by atoms with Gasteiger partial charge in [-0.2, -0.15) is 5.10 Å². The highest BCUT2D eigenvalue weighted by molar-refractivity contribution is 5.97. The molecular weight excluding hydrogens is 422 g/mol. The number of fused-ring (bicyclic) bond motifs is 1. The molecule has 1 saturated heterocycles. The van der Waals surface area contributed by atoms with Gasteiger partial charge >= 0.3 is 0 Å². The van der Waals surface area contributed by atoms with Crippen molar-refractivity contribution in [3.8, 4) is 28.1 Å². The number of carbonyl (C=O) groups is 1. The molecule has 2 atom stereocenters. The van der Waals surface area contributed by atoms with E-state index in [0.29, 0.717) is 24.3 Å². The number of β-amino-alcohol motifs (C(OH)–C–C–N with tert-alkyl or cyclic N) is 1. The lowest BCUT2D eigenvalue weighted by atomic mass is 9.89. The van der Waals surface area contributed by atoms with Gasteiger partial charge in [-0.25, -0.2) is 9.97 Å². The lowest BCUT2D eigenvalue weighted by Crippen LogP contribution is -2.43. The second-order valence-electron chi connectivity index (χ2n) is 9.53. The van der Waals surface area contributed by atoms with E-state index in [2.05, 4.69) is 39.5 Å². The number of nitrogens with zero attached hydrogens (tertiary/aromatic N) is 4. The molecule has 2 aliphatic heterocycles. The monoisotopic (exact) mass is 449 g/mol. The molecule has 2 aromatic heterocycles. The van der Waals surface area contributed by atoms with Gasteiger partial charge in [0.15, 0.2) is 11.5 Å². The van der Waals surface area contributed by atoms with E-state index in [1.807, 2.05) is 23.0 Å². The third kappa shape index (κ3) is 3.91.